The van der Waals surface area contributed by atoms with Crippen LogP contribution in [0.25, 0.3) is 0 Å². The lowest BCUT2D eigenvalue weighted by atomic mass is 10.1. The summed E-state index contributed by atoms with van der Waals surface area (Å²) >= 11 is 5.55. The quantitative estimate of drug-likeness (QED) is 0.735. The molecule has 1 aromatic carbocycles. The van der Waals surface area contributed by atoms with Gasteiger partial charge in [-0.25, -0.2) is 9.18 Å². The normalized spacial score (nSPS) is 9.92. The van der Waals surface area contributed by atoms with Crippen molar-refractivity contribution in [2.24, 2.45) is 0 Å². The highest BCUT2D eigenvalue weighted by Crippen LogP contribution is 2.21. The van der Waals surface area contributed by atoms with Crippen LogP contribution < -0.4 is 0 Å². The van der Waals surface area contributed by atoms with Crippen LogP contribution in [0.2, 0.25) is 5.02 Å². The Hall–Kier alpha value is -1.09. The lowest BCUT2D eigenvalue weighted by Gasteiger charge is -2.03. The number of rotatable bonds is 1. The van der Waals surface area contributed by atoms with Crippen LogP contribution in [-0.4, -0.2) is 11.1 Å². The highest BCUT2D eigenvalue weighted by molar-refractivity contribution is 6.33. The minimum Gasteiger partial charge on any atom is -0.478 e. The number of hydrogen-bond donors (Lipinski definition) is 1. The van der Waals surface area contributed by atoms with Crippen LogP contribution in [0.15, 0.2) is 12.1 Å². The molecule has 1 rings (SSSR count). The molecule has 0 aliphatic heterocycles. The Balaban J connectivity index is 3.43. The second-order valence-corrected chi connectivity index (χ2v) is 2.74. The molecule has 0 bridgehead atoms. The van der Waals surface area contributed by atoms with Crippen molar-refractivity contribution in [3.63, 3.8) is 0 Å². The summed E-state index contributed by atoms with van der Waals surface area (Å²) in [5.74, 6) is -1.77. The van der Waals surface area contributed by atoms with Crippen molar-refractivity contribution in [1.29, 1.82) is 0 Å². The van der Waals surface area contributed by atoms with E-state index in [0.717, 1.165) is 6.07 Å². The Labute approximate surface area is 73.6 Å². The number of carboxylic acids is 1. The van der Waals surface area contributed by atoms with Gasteiger partial charge in [-0.15, -0.1) is 0 Å². The molecule has 0 unspecified atom stereocenters. The molecule has 64 valence electrons. The smallest absolute Gasteiger partial charge is 0.337 e. The molecular weight excluding hydrogens is 183 g/mol. The minimum absolute atomic E-state index is 0.0569. The predicted octanol–water partition coefficient (Wildman–Crippen LogP) is 2.49. The van der Waals surface area contributed by atoms with Crippen LogP contribution in [0.3, 0.4) is 0 Å². The first-order chi connectivity index (χ1) is 5.54. The number of benzene rings is 1. The number of aromatic carboxylic acids is 1. The van der Waals surface area contributed by atoms with Gasteiger partial charge in [-0.1, -0.05) is 11.6 Å². The number of carbonyl (C=O) groups is 1. The second-order valence-electron chi connectivity index (χ2n) is 2.33. The number of carboxylic acid groups (broad SMARTS) is 1. The summed E-state index contributed by atoms with van der Waals surface area (Å²) in [6, 6.07) is 2.37. The fraction of sp³-hybridized carbons (Fsp3) is 0.125. The van der Waals surface area contributed by atoms with Gasteiger partial charge in [-0.2, -0.15) is 0 Å². The molecule has 0 heterocycles. The zero-order valence-electron chi connectivity index (χ0n) is 6.27. The Kier molecular flexibility index (Phi) is 2.33. The van der Waals surface area contributed by atoms with Crippen molar-refractivity contribution in [3.05, 3.63) is 34.1 Å². The molecule has 12 heavy (non-hydrogen) atoms. The van der Waals surface area contributed by atoms with Crippen LogP contribution >= 0.6 is 11.6 Å². The number of halogens is 2. The summed E-state index contributed by atoms with van der Waals surface area (Å²) in [6.45, 7) is 1.38. The van der Waals surface area contributed by atoms with Gasteiger partial charge in [0.15, 0.2) is 0 Å². The van der Waals surface area contributed by atoms with Gasteiger partial charge in [0.2, 0.25) is 0 Å². The molecule has 0 saturated carbocycles. The fourth-order valence-corrected chi connectivity index (χ4v) is 1.20. The molecule has 0 atom stereocenters. The highest BCUT2D eigenvalue weighted by atomic mass is 35.5. The van der Waals surface area contributed by atoms with Gasteiger partial charge in [-0.05, 0) is 19.1 Å². The van der Waals surface area contributed by atoms with E-state index in [2.05, 4.69) is 0 Å². The fourth-order valence-electron chi connectivity index (χ4n) is 0.916. The summed E-state index contributed by atoms with van der Waals surface area (Å²) in [6.07, 6.45) is 0. The Morgan fingerprint density at radius 1 is 1.58 bits per heavy atom. The van der Waals surface area contributed by atoms with Gasteiger partial charge in [0, 0.05) is 5.56 Å². The topological polar surface area (TPSA) is 37.3 Å². The first-order valence-corrected chi connectivity index (χ1v) is 3.59. The van der Waals surface area contributed by atoms with Crippen LogP contribution in [0.5, 0.6) is 0 Å². The van der Waals surface area contributed by atoms with E-state index in [9.17, 15) is 9.18 Å². The first-order valence-electron chi connectivity index (χ1n) is 3.22. The SMILES string of the molecule is Cc1c(F)ccc(Cl)c1C(=O)O. The minimum atomic E-state index is -1.21. The molecule has 0 aliphatic carbocycles. The average Bonchev–Trinajstić information content (AvgIpc) is 1.97. The zero-order chi connectivity index (χ0) is 9.30. The molecule has 0 amide bonds. The molecule has 1 aromatic rings. The first kappa shape index (κ1) is 9.00. The maximum Gasteiger partial charge on any atom is 0.337 e. The molecule has 0 spiro atoms. The molecule has 0 fully saturated rings. The Bertz CT molecular complexity index is 336. The Morgan fingerprint density at radius 3 is 2.58 bits per heavy atom. The molecule has 1 N–H and O–H groups in total. The van der Waals surface area contributed by atoms with E-state index in [4.69, 9.17) is 16.7 Å². The van der Waals surface area contributed by atoms with Gasteiger partial charge >= 0.3 is 5.97 Å². The van der Waals surface area contributed by atoms with Crippen LogP contribution in [0, 0.1) is 12.7 Å². The summed E-state index contributed by atoms with van der Waals surface area (Å²) in [5, 5.41) is 8.68. The number of hydrogen-bond acceptors (Lipinski definition) is 1. The second kappa shape index (κ2) is 3.11. The summed E-state index contributed by atoms with van der Waals surface area (Å²) in [4.78, 5) is 10.5. The molecule has 4 heteroatoms. The molecule has 0 aromatic heterocycles. The highest BCUT2D eigenvalue weighted by Gasteiger charge is 2.14. The third-order valence-corrected chi connectivity index (χ3v) is 1.88. The Morgan fingerprint density at radius 2 is 2.17 bits per heavy atom. The van der Waals surface area contributed by atoms with Crippen molar-refractivity contribution >= 4 is 17.6 Å². The van der Waals surface area contributed by atoms with Crippen molar-refractivity contribution in [3.8, 4) is 0 Å². The van der Waals surface area contributed by atoms with Gasteiger partial charge in [0.25, 0.3) is 0 Å². The van der Waals surface area contributed by atoms with E-state index in [-0.39, 0.29) is 16.1 Å². The van der Waals surface area contributed by atoms with Gasteiger partial charge in [0.1, 0.15) is 5.82 Å². The maximum atomic E-state index is 12.8. The van der Waals surface area contributed by atoms with E-state index < -0.39 is 11.8 Å². The van der Waals surface area contributed by atoms with Gasteiger partial charge < -0.3 is 5.11 Å². The third kappa shape index (κ3) is 1.41. The molecular formula is C8H6ClFO2. The largest absolute Gasteiger partial charge is 0.478 e. The zero-order valence-corrected chi connectivity index (χ0v) is 7.02. The standard InChI is InChI=1S/C8H6ClFO2/c1-4-6(10)3-2-5(9)7(4)8(11)12/h2-3H,1H3,(H,11,12). The summed E-state index contributed by atoms with van der Waals surface area (Å²) in [7, 11) is 0. The van der Waals surface area contributed by atoms with Crippen molar-refractivity contribution in [2.75, 3.05) is 0 Å². The summed E-state index contributed by atoms with van der Waals surface area (Å²) in [5.41, 5.74) is -0.105. The monoisotopic (exact) mass is 188 g/mol. The average molecular weight is 189 g/mol. The van der Waals surface area contributed by atoms with Gasteiger partial charge in [-0.3, -0.25) is 0 Å². The van der Waals surface area contributed by atoms with Crippen LogP contribution in [0.1, 0.15) is 15.9 Å². The van der Waals surface area contributed by atoms with Crippen molar-refractivity contribution < 1.29 is 14.3 Å². The van der Waals surface area contributed by atoms with Crippen LogP contribution in [-0.2, 0) is 0 Å². The molecule has 0 saturated heterocycles. The molecule has 0 aliphatic rings. The van der Waals surface area contributed by atoms with E-state index in [1.165, 1.54) is 13.0 Å². The van der Waals surface area contributed by atoms with Crippen molar-refractivity contribution in [1.82, 2.24) is 0 Å². The van der Waals surface area contributed by atoms with E-state index >= 15 is 0 Å². The molecule has 0 radical (unpaired) electrons. The van der Waals surface area contributed by atoms with Crippen molar-refractivity contribution in [2.45, 2.75) is 6.92 Å². The van der Waals surface area contributed by atoms with E-state index in [1.54, 1.807) is 0 Å². The van der Waals surface area contributed by atoms with E-state index in [0.29, 0.717) is 0 Å². The predicted molar refractivity (Wildman–Crippen MR) is 43.1 cm³/mol. The maximum absolute atomic E-state index is 12.8. The summed E-state index contributed by atoms with van der Waals surface area (Å²) < 4.78 is 12.8. The van der Waals surface area contributed by atoms with Crippen LogP contribution in [0.4, 0.5) is 4.39 Å². The molecule has 2 nitrogen and oxygen atoms in total. The lowest BCUT2D eigenvalue weighted by molar-refractivity contribution is 0.0695. The van der Waals surface area contributed by atoms with Gasteiger partial charge in [0.05, 0.1) is 10.6 Å². The lowest BCUT2D eigenvalue weighted by Crippen LogP contribution is -2.02. The van der Waals surface area contributed by atoms with E-state index in [1.807, 2.05) is 0 Å². The third-order valence-electron chi connectivity index (χ3n) is 1.56.